The molecule has 114 valence electrons. The van der Waals surface area contributed by atoms with Gasteiger partial charge in [0.1, 0.15) is 11.6 Å². The van der Waals surface area contributed by atoms with Gasteiger partial charge in [0.2, 0.25) is 0 Å². The van der Waals surface area contributed by atoms with Crippen molar-refractivity contribution in [1.29, 1.82) is 0 Å². The molecule has 0 saturated carbocycles. The molecule has 22 heavy (non-hydrogen) atoms. The van der Waals surface area contributed by atoms with Crippen molar-refractivity contribution in [3.63, 3.8) is 0 Å². The molecule has 0 aromatic heterocycles. The van der Waals surface area contributed by atoms with E-state index in [1.165, 1.54) is 48.6 Å². The number of allylic oxidation sites excluding steroid dienone is 1. The summed E-state index contributed by atoms with van der Waals surface area (Å²) in [6.45, 7) is 0. The topological polar surface area (TPSA) is 26.3 Å². The van der Waals surface area contributed by atoms with Gasteiger partial charge < -0.3 is 4.74 Å². The summed E-state index contributed by atoms with van der Waals surface area (Å²) in [6, 6.07) is 10.1. The highest BCUT2D eigenvalue weighted by Crippen LogP contribution is 2.23. The Hall–Kier alpha value is -2.63. The largest absolute Gasteiger partial charge is 0.573 e. The van der Waals surface area contributed by atoms with E-state index in [0.717, 1.165) is 12.1 Å². The summed E-state index contributed by atoms with van der Waals surface area (Å²) < 4.78 is 52.5. The Balaban J connectivity index is 2.05. The number of hydrogen-bond donors (Lipinski definition) is 0. The molecule has 2 nitrogen and oxygen atoms in total. The second-order valence-electron chi connectivity index (χ2n) is 4.32. The third-order valence-corrected chi connectivity index (χ3v) is 2.67. The van der Waals surface area contributed by atoms with Crippen molar-refractivity contribution in [2.24, 2.45) is 0 Å². The number of ether oxygens (including phenoxy) is 1. The van der Waals surface area contributed by atoms with Crippen LogP contribution in [-0.2, 0) is 0 Å². The molecule has 0 bridgehead atoms. The summed E-state index contributed by atoms with van der Waals surface area (Å²) in [7, 11) is 0. The maximum Gasteiger partial charge on any atom is 0.573 e. The van der Waals surface area contributed by atoms with Gasteiger partial charge in [-0.15, -0.1) is 13.2 Å². The summed E-state index contributed by atoms with van der Waals surface area (Å²) in [5, 5.41) is 0. The van der Waals surface area contributed by atoms with Crippen molar-refractivity contribution >= 4 is 11.9 Å². The average Bonchev–Trinajstić information content (AvgIpc) is 2.45. The first kappa shape index (κ1) is 15.8. The van der Waals surface area contributed by atoms with Crippen LogP contribution in [0.5, 0.6) is 5.75 Å². The molecule has 2 aromatic carbocycles. The molecule has 6 heteroatoms. The van der Waals surface area contributed by atoms with Crippen LogP contribution in [0.15, 0.2) is 54.6 Å². The number of carbonyl (C=O) groups excluding carboxylic acids is 1. The number of carbonyl (C=O) groups is 1. The van der Waals surface area contributed by atoms with E-state index in [4.69, 9.17) is 0 Å². The molecule has 0 aliphatic carbocycles. The molecule has 0 fully saturated rings. The molecular formula is C16H10F4O2. The van der Waals surface area contributed by atoms with Gasteiger partial charge in [-0.2, -0.15) is 0 Å². The van der Waals surface area contributed by atoms with Gasteiger partial charge in [0.25, 0.3) is 0 Å². The van der Waals surface area contributed by atoms with Crippen LogP contribution in [0, 0.1) is 5.82 Å². The van der Waals surface area contributed by atoms with Gasteiger partial charge in [-0.05, 0) is 48.0 Å². The van der Waals surface area contributed by atoms with Crippen molar-refractivity contribution in [2.45, 2.75) is 6.36 Å². The van der Waals surface area contributed by atoms with Crippen molar-refractivity contribution in [3.05, 3.63) is 71.6 Å². The molecule has 0 amide bonds. The van der Waals surface area contributed by atoms with Gasteiger partial charge >= 0.3 is 6.36 Å². The van der Waals surface area contributed by atoms with Gasteiger partial charge in [-0.25, -0.2) is 4.39 Å². The Morgan fingerprint density at radius 1 is 0.955 bits per heavy atom. The first-order valence-electron chi connectivity index (χ1n) is 6.17. The lowest BCUT2D eigenvalue weighted by atomic mass is 10.1. The maximum absolute atomic E-state index is 12.7. The van der Waals surface area contributed by atoms with Gasteiger partial charge in [0.15, 0.2) is 5.78 Å². The molecule has 0 N–H and O–H groups in total. The summed E-state index contributed by atoms with van der Waals surface area (Å²) in [5.74, 6) is -1.17. The smallest absolute Gasteiger partial charge is 0.406 e. The average molecular weight is 310 g/mol. The number of halogens is 4. The highest BCUT2D eigenvalue weighted by Gasteiger charge is 2.30. The fourth-order valence-corrected chi connectivity index (χ4v) is 1.66. The number of alkyl halides is 3. The number of hydrogen-bond acceptors (Lipinski definition) is 2. The van der Waals surface area contributed by atoms with Crippen LogP contribution in [0.4, 0.5) is 17.6 Å². The first-order chi connectivity index (χ1) is 10.3. The molecule has 0 saturated heterocycles. The standard InChI is InChI=1S/C16H10F4O2/c17-13-6-1-11(2-7-13)3-10-15(21)12-4-8-14(9-5-12)22-16(18,19)20/h1-10H. The summed E-state index contributed by atoms with van der Waals surface area (Å²) >= 11 is 0. The fraction of sp³-hybridized carbons (Fsp3) is 0.0625. The fourth-order valence-electron chi connectivity index (χ4n) is 1.66. The Labute approximate surface area is 123 Å². The van der Waals surface area contributed by atoms with Crippen LogP contribution >= 0.6 is 0 Å². The zero-order valence-corrected chi connectivity index (χ0v) is 11.1. The van der Waals surface area contributed by atoms with Crippen LogP contribution in [0.2, 0.25) is 0 Å². The quantitative estimate of drug-likeness (QED) is 0.468. The Morgan fingerprint density at radius 2 is 1.55 bits per heavy atom. The normalized spacial score (nSPS) is 11.6. The van der Waals surface area contributed by atoms with E-state index < -0.39 is 12.1 Å². The van der Waals surface area contributed by atoms with Crippen LogP contribution in [0.1, 0.15) is 15.9 Å². The lowest BCUT2D eigenvalue weighted by molar-refractivity contribution is -0.274. The molecular weight excluding hydrogens is 300 g/mol. The summed E-state index contributed by atoms with van der Waals surface area (Å²) in [4.78, 5) is 11.9. The third kappa shape index (κ3) is 4.73. The van der Waals surface area contributed by atoms with Gasteiger partial charge in [-0.3, -0.25) is 4.79 Å². The summed E-state index contributed by atoms with van der Waals surface area (Å²) in [6.07, 6.45) is -2.03. The van der Waals surface area contributed by atoms with E-state index >= 15 is 0 Å². The second kappa shape index (κ2) is 6.43. The monoisotopic (exact) mass is 310 g/mol. The predicted molar refractivity (Wildman–Crippen MR) is 72.9 cm³/mol. The van der Waals surface area contributed by atoms with Crippen LogP contribution in [0.25, 0.3) is 6.08 Å². The van der Waals surface area contributed by atoms with E-state index in [0.29, 0.717) is 5.56 Å². The molecule has 2 rings (SSSR count). The highest BCUT2D eigenvalue weighted by atomic mass is 19.4. The lowest BCUT2D eigenvalue weighted by Gasteiger charge is -2.08. The maximum atomic E-state index is 12.7. The third-order valence-electron chi connectivity index (χ3n) is 2.67. The van der Waals surface area contributed by atoms with Crippen LogP contribution in [-0.4, -0.2) is 12.1 Å². The number of ketones is 1. The zero-order chi connectivity index (χ0) is 16.2. The molecule has 0 atom stereocenters. The van der Waals surface area contributed by atoms with Gasteiger partial charge in [-0.1, -0.05) is 18.2 Å². The minimum atomic E-state index is -4.77. The minimum Gasteiger partial charge on any atom is -0.406 e. The predicted octanol–water partition coefficient (Wildman–Crippen LogP) is 4.62. The molecule has 2 aromatic rings. The Bertz CT molecular complexity index is 671. The first-order valence-corrected chi connectivity index (χ1v) is 6.17. The second-order valence-corrected chi connectivity index (χ2v) is 4.32. The molecule has 0 heterocycles. The van der Waals surface area contributed by atoms with Crippen molar-refractivity contribution in [2.75, 3.05) is 0 Å². The van der Waals surface area contributed by atoms with Crippen molar-refractivity contribution < 1.29 is 27.1 Å². The van der Waals surface area contributed by atoms with Crippen LogP contribution in [0.3, 0.4) is 0 Å². The molecule has 0 spiro atoms. The van der Waals surface area contributed by atoms with Gasteiger partial charge in [0.05, 0.1) is 0 Å². The number of benzene rings is 2. The van der Waals surface area contributed by atoms with E-state index in [2.05, 4.69) is 4.74 Å². The van der Waals surface area contributed by atoms with E-state index in [-0.39, 0.29) is 17.2 Å². The highest BCUT2D eigenvalue weighted by molar-refractivity contribution is 6.06. The number of rotatable bonds is 4. The molecule has 0 aliphatic rings. The van der Waals surface area contributed by atoms with E-state index in [9.17, 15) is 22.4 Å². The Morgan fingerprint density at radius 3 is 2.09 bits per heavy atom. The minimum absolute atomic E-state index is 0.216. The molecule has 0 unspecified atom stereocenters. The van der Waals surface area contributed by atoms with Gasteiger partial charge in [0, 0.05) is 5.56 Å². The Kier molecular flexibility index (Phi) is 4.60. The molecule has 0 radical (unpaired) electrons. The zero-order valence-electron chi connectivity index (χ0n) is 11.1. The SMILES string of the molecule is O=C(C=Cc1ccc(F)cc1)c1ccc(OC(F)(F)F)cc1. The van der Waals surface area contributed by atoms with Crippen molar-refractivity contribution in [3.8, 4) is 5.75 Å². The molecule has 0 aliphatic heterocycles. The van der Waals surface area contributed by atoms with Crippen LogP contribution < -0.4 is 4.74 Å². The van der Waals surface area contributed by atoms with Crippen molar-refractivity contribution in [1.82, 2.24) is 0 Å². The van der Waals surface area contributed by atoms with E-state index in [1.807, 2.05) is 0 Å². The summed E-state index contributed by atoms with van der Waals surface area (Å²) in [5.41, 5.74) is 0.847. The van der Waals surface area contributed by atoms with E-state index in [1.54, 1.807) is 0 Å². The lowest BCUT2D eigenvalue weighted by Crippen LogP contribution is -2.17.